The Morgan fingerprint density at radius 2 is 1.84 bits per heavy atom. The third kappa shape index (κ3) is 5.64. The van der Waals surface area contributed by atoms with Crippen LogP contribution in [0.5, 0.6) is 0 Å². The first kappa shape index (κ1) is 23.7. The van der Waals surface area contributed by atoms with Crippen LogP contribution in [-0.4, -0.2) is 48.7 Å². The van der Waals surface area contributed by atoms with E-state index in [-0.39, 0.29) is 23.0 Å². The fourth-order valence-corrected chi connectivity index (χ4v) is 5.01. The molecule has 1 N–H and O–H groups in total. The molecule has 1 aliphatic heterocycles. The maximum absolute atomic E-state index is 13.3. The second-order valence-corrected chi connectivity index (χ2v) is 9.96. The van der Waals surface area contributed by atoms with Crippen molar-refractivity contribution < 1.29 is 18.0 Å². The van der Waals surface area contributed by atoms with Gasteiger partial charge in [0, 0.05) is 31.4 Å². The second kappa shape index (κ2) is 10.1. The standard InChI is InChI=1S/C23H28N4O4S/c1-17-9-13-27(14-10-17)23(29)22(11-15-26-12-3-4-20(26)16-24)25-32(30,31)21-7-5-19(6-8-21)18(2)28/h3-8,12,17,22,25H,9-11,13-15H2,1-2H3. The summed E-state index contributed by atoms with van der Waals surface area (Å²) in [6.45, 7) is 5.06. The number of nitrogens with zero attached hydrogens (tertiary/aromatic N) is 3. The van der Waals surface area contributed by atoms with Gasteiger partial charge < -0.3 is 9.47 Å². The molecule has 3 rings (SSSR count). The molecule has 0 spiro atoms. The van der Waals surface area contributed by atoms with Crippen LogP contribution in [0.2, 0.25) is 0 Å². The molecule has 1 aromatic heterocycles. The Labute approximate surface area is 188 Å². The van der Waals surface area contributed by atoms with E-state index in [0.717, 1.165) is 12.8 Å². The van der Waals surface area contributed by atoms with E-state index in [4.69, 9.17) is 0 Å². The maximum Gasteiger partial charge on any atom is 0.241 e. The number of rotatable bonds is 8. The van der Waals surface area contributed by atoms with E-state index in [0.29, 0.717) is 36.8 Å². The SMILES string of the molecule is CC(=O)c1ccc(S(=O)(=O)NC(CCn2cccc2C#N)C(=O)N2CCC(C)CC2)cc1. The number of carbonyl (C=O) groups is 2. The monoisotopic (exact) mass is 456 g/mol. The number of aryl methyl sites for hydroxylation is 1. The van der Waals surface area contributed by atoms with Crippen molar-refractivity contribution in [3.05, 3.63) is 53.9 Å². The molecule has 9 heteroatoms. The van der Waals surface area contributed by atoms with Gasteiger partial charge in [-0.15, -0.1) is 0 Å². The fourth-order valence-electron chi connectivity index (χ4n) is 3.79. The number of piperidine rings is 1. The fraction of sp³-hybridized carbons (Fsp3) is 0.435. The Hall–Kier alpha value is -2.96. The first-order valence-corrected chi connectivity index (χ1v) is 12.2. The lowest BCUT2D eigenvalue weighted by molar-refractivity contribution is -0.134. The van der Waals surface area contributed by atoms with Crippen LogP contribution in [0.15, 0.2) is 47.5 Å². The summed E-state index contributed by atoms with van der Waals surface area (Å²) in [7, 11) is -3.99. The number of likely N-dealkylation sites (tertiary alicyclic amines) is 1. The third-order valence-corrected chi connectivity index (χ3v) is 7.35. The van der Waals surface area contributed by atoms with Crippen LogP contribution in [0.1, 0.15) is 49.2 Å². The number of aromatic nitrogens is 1. The van der Waals surface area contributed by atoms with Gasteiger partial charge in [-0.2, -0.15) is 9.98 Å². The average molecular weight is 457 g/mol. The number of ketones is 1. The molecule has 170 valence electrons. The number of sulfonamides is 1. The summed E-state index contributed by atoms with van der Waals surface area (Å²) in [6.07, 6.45) is 3.71. The smallest absolute Gasteiger partial charge is 0.241 e. The van der Waals surface area contributed by atoms with Crippen molar-refractivity contribution in [3.63, 3.8) is 0 Å². The highest BCUT2D eigenvalue weighted by Gasteiger charge is 2.31. The molecule has 1 saturated heterocycles. The predicted molar refractivity (Wildman–Crippen MR) is 119 cm³/mol. The van der Waals surface area contributed by atoms with Crippen molar-refractivity contribution in [1.29, 1.82) is 5.26 Å². The van der Waals surface area contributed by atoms with Crippen molar-refractivity contribution in [1.82, 2.24) is 14.2 Å². The number of carbonyl (C=O) groups excluding carboxylic acids is 2. The Balaban J connectivity index is 1.81. The van der Waals surface area contributed by atoms with E-state index < -0.39 is 16.1 Å². The van der Waals surface area contributed by atoms with Crippen molar-refractivity contribution in [2.45, 2.75) is 50.6 Å². The van der Waals surface area contributed by atoms with E-state index in [1.807, 2.05) is 0 Å². The summed E-state index contributed by atoms with van der Waals surface area (Å²) in [5.41, 5.74) is 0.862. The van der Waals surface area contributed by atoms with E-state index in [9.17, 15) is 23.3 Å². The Morgan fingerprint density at radius 3 is 2.44 bits per heavy atom. The minimum Gasteiger partial charge on any atom is -0.341 e. The zero-order valence-electron chi connectivity index (χ0n) is 18.3. The molecule has 32 heavy (non-hydrogen) atoms. The summed E-state index contributed by atoms with van der Waals surface area (Å²) >= 11 is 0. The lowest BCUT2D eigenvalue weighted by atomic mass is 9.98. The largest absolute Gasteiger partial charge is 0.341 e. The molecule has 2 heterocycles. The summed E-state index contributed by atoms with van der Waals surface area (Å²) < 4.78 is 30.3. The van der Waals surface area contributed by atoms with E-state index in [1.165, 1.54) is 31.2 Å². The number of hydrogen-bond donors (Lipinski definition) is 1. The normalized spacial score (nSPS) is 15.8. The van der Waals surface area contributed by atoms with Gasteiger partial charge in [0.05, 0.1) is 4.90 Å². The summed E-state index contributed by atoms with van der Waals surface area (Å²) in [5.74, 6) is 0.118. The molecular formula is C23H28N4O4S. The zero-order valence-corrected chi connectivity index (χ0v) is 19.1. The van der Waals surface area contributed by atoms with Gasteiger partial charge in [0.15, 0.2) is 5.78 Å². The van der Waals surface area contributed by atoms with Crippen LogP contribution < -0.4 is 4.72 Å². The van der Waals surface area contributed by atoms with Crippen molar-refractivity contribution in [2.24, 2.45) is 5.92 Å². The molecule has 0 aliphatic carbocycles. The molecule has 1 aromatic carbocycles. The van der Waals surface area contributed by atoms with Gasteiger partial charge in [-0.3, -0.25) is 9.59 Å². The molecule has 8 nitrogen and oxygen atoms in total. The maximum atomic E-state index is 13.3. The van der Waals surface area contributed by atoms with Crippen LogP contribution in [0.3, 0.4) is 0 Å². The highest BCUT2D eigenvalue weighted by Crippen LogP contribution is 2.19. The Bertz CT molecular complexity index is 1110. The number of benzene rings is 1. The molecule has 1 fully saturated rings. The van der Waals surface area contributed by atoms with Crippen molar-refractivity contribution in [3.8, 4) is 6.07 Å². The van der Waals surface area contributed by atoms with Gasteiger partial charge in [-0.25, -0.2) is 8.42 Å². The van der Waals surface area contributed by atoms with Crippen molar-refractivity contribution in [2.75, 3.05) is 13.1 Å². The zero-order chi connectivity index (χ0) is 23.3. The molecule has 1 unspecified atom stereocenters. The first-order chi connectivity index (χ1) is 15.2. The molecule has 1 atom stereocenters. The quantitative estimate of drug-likeness (QED) is 0.614. The van der Waals surface area contributed by atoms with E-state index in [2.05, 4.69) is 17.7 Å². The molecular weight excluding hydrogens is 428 g/mol. The average Bonchev–Trinajstić information content (AvgIpc) is 3.24. The second-order valence-electron chi connectivity index (χ2n) is 8.25. The van der Waals surface area contributed by atoms with Gasteiger partial charge in [0.1, 0.15) is 17.8 Å². The predicted octanol–water partition coefficient (Wildman–Crippen LogP) is 2.56. The van der Waals surface area contributed by atoms with Gasteiger partial charge in [0.25, 0.3) is 0 Å². The number of nitrogens with one attached hydrogen (secondary N) is 1. The Morgan fingerprint density at radius 1 is 1.19 bits per heavy atom. The number of amides is 1. The molecule has 1 aliphatic rings. The van der Waals surface area contributed by atoms with Gasteiger partial charge in [0.2, 0.25) is 15.9 Å². The highest BCUT2D eigenvalue weighted by molar-refractivity contribution is 7.89. The molecule has 0 bridgehead atoms. The summed E-state index contributed by atoms with van der Waals surface area (Å²) in [6, 6.07) is 10.2. The molecule has 2 aromatic rings. The number of Topliss-reactive ketones (excluding diaryl/α,β-unsaturated/α-hetero) is 1. The lowest BCUT2D eigenvalue weighted by Gasteiger charge is -2.33. The lowest BCUT2D eigenvalue weighted by Crippen LogP contribution is -2.50. The molecule has 0 saturated carbocycles. The Kier molecular flexibility index (Phi) is 7.48. The first-order valence-electron chi connectivity index (χ1n) is 10.7. The van der Waals surface area contributed by atoms with Gasteiger partial charge >= 0.3 is 0 Å². The summed E-state index contributed by atoms with van der Waals surface area (Å²) in [5, 5.41) is 9.23. The summed E-state index contributed by atoms with van der Waals surface area (Å²) in [4.78, 5) is 26.4. The highest BCUT2D eigenvalue weighted by atomic mass is 32.2. The van der Waals surface area contributed by atoms with E-state index >= 15 is 0 Å². The number of nitriles is 1. The number of hydrogen-bond acceptors (Lipinski definition) is 5. The molecule has 0 radical (unpaired) electrons. The van der Waals surface area contributed by atoms with Crippen LogP contribution in [0, 0.1) is 17.2 Å². The van der Waals surface area contributed by atoms with Crippen LogP contribution in [0.4, 0.5) is 0 Å². The van der Waals surface area contributed by atoms with Crippen LogP contribution in [0.25, 0.3) is 0 Å². The van der Waals surface area contributed by atoms with Crippen LogP contribution >= 0.6 is 0 Å². The third-order valence-electron chi connectivity index (χ3n) is 5.86. The van der Waals surface area contributed by atoms with Gasteiger partial charge in [-0.05, 0) is 56.4 Å². The van der Waals surface area contributed by atoms with Crippen LogP contribution in [-0.2, 0) is 21.4 Å². The van der Waals surface area contributed by atoms with Crippen molar-refractivity contribution >= 4 is 21.7 Å². The minimum absolute atomic E-state index is 0.00811. The van der Waals surface area contributed by atoms with E-state index in [1.54, 1.807) is 27.8 Å². The molecule has 1 amide bonds. The topological polar surface area (TPSA) is 112 Å². The minimum atomic E-state index is -3.99. The van der Waals surface area contributed by atoms with Gasteiger partial charge in [-0.1, -0.05) is 19.1 Å².